The van der Waals surface area contributed by atoms with Crippen LogP contribution in [0.3, 0.4) is 0 Å². The van der Waals surface area contributed by atoms with Crippen LogP contribution in [0.25, 0.3) is 0 Å². The minimum Gasteiger partial charge on any atom is -0.500 e. The van der Waals surface area contributed by atoms with Gasteiger partial charge in [-0.05, 0) is 53.0 Å². The molecular formula is C25H46O3SSi. The molecule has 0 N–H and O–H groups in total. The second-order valence-corrected chi connectivity index (χ2v) is 13.3. The van der Waals surface area contributed by atoms with E-state index in [0.29, 0.717) is 13.2 Å². The average molecular weight is 455 g/mol. The van der Waals surface area contributed by atoms with Gasteiger partial charge in [0.05, 0.1) is 0 Å². The number of hydrogen-bond donors (Lipinski definition) is 1. The summed E-state index contributed by atoms with van der Waals surface area (Å²) in [6, 6.07) is 7.44. The van der Waals surface area contributed by atoms with Crippen molar-refractivity contribution >= 4 is 21.4 Å². The normalized spacial score (nSPS) is 13.0. The Hall–Kier alpha value is -0.493. The van der Waals surface area contributed by atoms with Gasteiger partial charge in [-0.2, -0.15) is 12.6 Å². The van der Waals surface area contributed by atoms with Crippen LogP contribution in [0.2, 0.25) is 6.04 Å². The summed E-state index contributed by atoms with van der Waals surface area (Å²) >= 11 is 4.44. The van der Waals surface area contributed by atoms with Gasteiger partial charge in [0, 0.05) is 19.3 Å². The largest absolute Gasteiger partial charge is 0.566 e. The highest BCUT2D eigenvalue weighted by Crippen LogP contribution is 2.37. The summed E-state index contributed by atoms with van der Waals surface area (Å²) in [5.74, 6) is 1.72. The van der Waals surface area contributed by atoms with E-state index in [1.54, 1.807) is 0 Å². The molecule has 0 spiro atoms. The highest BCUT2D eigenvalue weighted by molar-refractivity contribution is 7.80. The van der Waals surface area contributed by atoms with Gasteiger partial charge in [0.1, 0.15) is 5.75 Å². The lowest BCUT2D eigenvalue weighted by molar-refractivity contribution is 0.101. The topological polar surface area (TPSA) is 27.7 Å². The molecule has 1 aromatic carbocycles. The smallest absolute Gasteiger partial charge is 0.500 e. The van der Waals surface area contributed by atoms with Crippen LogP contribution in [0.4, 0.5) is 0 Å². The van der Waals surface area contributed by atoms with E-state index in [1.165, 1.54) is 11.1 Å². The van der Waals surface area contributed by atoms with Crippen LogP contribution < -0.4 is 4.43 Å². The zero-order chi connectivity index (χ0) is 22.8. The maximum absolute atomic E-state index is 6.78. The molecule has 0 fully saturated rings. The van der Waals surface area contributed by atoms with Crippen LogP contribution >= 0.6 is 12.6 Å². The maximum Gasteiger partial charge on any atom is 0.566 e. The first-order valence-electron chi connectivity index (χ1n) is 11.7. The van der Waals surface area contributed by atoms with Crippen molar-refractivity contribution in [3.63, 3.8) is 0 Å². The van der Waals surface area contributed by atoms with Crippen molar-refractivity contribution in [2.45, 2.75) is 104 Å². The van der Waals surface area contributed by atoms with Gasteiger partial charge in [-0.3, -0.25) is 0 Å². The number of rotatable bonds is 13. The van der Waals surface area contributed by atoms with E-state index in [1.807, 2.05) is 0 Å². The van der Waals surface area contributed by atoms with Crippen molar-refractivity contribution in [1.29, 1.82) is 0 Å². The van der Waals surface area contributed by atoms with Gasteiger partial charge in [-0.25, -0.2) is 0 Å². The summed E-state index contributed by atoms with van der Waals surface area (Å²) in [6.07, 6.45) is 5.16. The number of unbranched alkanes of at least 4 members (excludes halogenated alkanes) is 2. The fourth-order valence-corrected chi connectivity index (χ4v) is 6.26. The first-order chi connectivity index (χ1) is 14.0. The molecule has 30 heavy (non-hydrogen) atoms. The first-order valence-corrected chi connectivity index (χ1v) is 14.3. The van der Waals surface area contributed by atoms with Gasteiger partial charge in [0.2, 0.25) is 0 Å². The van der Waals surface area contributed by atoms with Gasteiger partial charge < -0.3 is 13.3 Å². The first kappa shape index (κ1) is 27.5. The van der Waals surface area contributed by atoms with Crippen molar-refractivity contribution in [3.8, 4) is 5.75 Å². The van der Waals surface area contributed by atoms with Crippen molar-refractivity contribution in [2.24, 2.45) is 0 Å². The Balaban J connectivity index is 3.35. The van der Waals surface area contributed by atoms with E-state index in [9.17, 15) is 0 Å². The molecule has 0 heterocycles. The van der Waals surface area contributed by atoms with E-state index in [0.717, 1.165) is 49.7 Å². The van der Waals surface area contributed by atoms with Crippen molar-refractivity contribution in [2.75, 3.05) is 19.0 Å². The Labute approximate surface area is 193 Å². The molecule has 0 bridgehead atoms. The average Bonchev–Trinajstić information content (AvgIpc) is 2.65. The third-order valence-corrected chi connectivity index (χ3v) is 8.30. The van der Waals surface area contributed by atoms with Gasteiger partial charge >= 0.3 is 8.80 Å². The van der Waals surface area contributed by atoms with Crippen molar-refractivity contribution < 1.29 is 13.3 Å². The lowest BCUT2D eigenvalue weighted by Gasteiger charge is -2.34. The highest BCUT2D eigenvalue weighted by atomic mass is 32.1. The molecule has 0 aromatic heterocycles. The summed E-state index contributed by atoms with van der Waals surface area (Å²) in [5, 5.41) is 0. The minimum atomic E-state index is -2.85. The van der Waals surface area contributed by atoms with Gasteiger partial charge in [-0.15, -0.1) is 0 Å². The molecule has 0 aliphatic rings. The summed E-state index contributed by atoms with van der Waals surface area (Å²) in [7, 11) is -2.85. The molecule has 3 nitrogen and oxygen atoms in total. The summed E-state index contributed by atoms with van der Waals surface area (Å²) in [6.45, 7) is 19.2. The van der Waals surface area contributed by atoms with Crippen LogP contribution in [0, 0.1) is 0 Å². The molecule has 0 atom stereocenters. The molecule has 0 amide bonds. The fourth-order valence-electron chi connectivity index (χ4n) is 3.17. The Morgan fingerprint density at radius 2 is 1.40 bits per heavy atom. The Morgan fingerprint density at radius 1 is 0.833 bits per heavy atom. The summed E-state index contributed by atoms with van der Waals surface area (Å²) in [4.78, 5) is 0. The maximum atomic E-state index is 6.78. The molecular weight excluding hydrogens is 408 g/mol. The molecule has 0 aliphatic heterocycles. The van der Waals surface area contributed by atoms with Crippen LogP contribution in [0.15, 0.2) is 18.2 Å². The second kappa shape index (κ2) is 12.5. The van der Waals surface area contributed by atoms with E-state index in [4.69, 9.17) is 13.3 Å². The van der Waals surface area contributed by atoms with Crippen LogP contribution in [-0.4, -0.2) is 27.8 Å². The zero-order valence-electron chi connectivity index (χ0n) is 20.8. The predicted molar refractivity (Wildman–Crippen MR) is 135 cm³/mol. The van der Waals surface area contributed by atoms with Crippen molar-refractivity contribution in [1.82, 2.24) is 0 Å². The van der Waals surface area contributed by atoms with Crippen LogP contribution in [-0.2, 0) is 19.7 Å². The molecule has 174 valence electrons. The SMILES string of the molecule is CCCCO[Si](CCCS)(OCCCC)Oc1ccc(C(C)(C)C)cc1C(C)(C)C. The number of thiol groups is 1. The highest BCUT2D eigenvalue weighted by Gasteiger charge is 2.44. The molecule has 0 aliphatic carbocycles. The Morgan fingerprint density at radius 3 is 1.83 bits per heavy atom. The van der Waals surface area contributed by atoms with Gasteiger partial charge in [0.25, 0.3) is 0 Å². The summed E-state index contributed by atoms with van der Waals surface area (Å²) < 4.78 is 19.7. The van der Waals surface area contributed by atoms with Crippen LogP contribution in [0.1, 0.15) is 98.6 Å². The third-order valence-electron chi connectivity index (χ3n) is 5.20. The molecule has 0 saturated carbocycles. The van der Waals surface area contributed by atoms with Gasteiger partial charge in [0.15, 0.2) is 0 Å². The zero-order valence-corrected chi connectivity index (χ0v) is 22.7. The van der Waals surface area contributed by atoms with Gasteiger partial charge in [-0.1, -0.05) is 80.4 Å². The lowest BCUT2D eigenvalue weighted by Crippen LogP contribution is -2.50. The Bertz CT molecular complexity index is 610. The van der Waals surface area contributed by atoms with E-state index in [2.05, 4.69) is 86.2 Å². The lowest BCUT2D eigenvalue weighted by atomic mass is 9.80. The monoisotopic (exact) mass is 454 g/mol. The Kier molecular flexibility index (Phi) is 11.5. The molecule has 5 heteroatoms. The molecule has 0 saturated heterocycles. The molecule has 0 unspecified atom stereocenters. The van der Waals surface area contributed by atoms with Crippen molar-refractivity contribution in [3.05, 3.63) is 29.3 Å². The quantitative estimate of drug-likeness (QED) is 0.189. The standard InChI is InChI=1S/C25H46O3SSi/c1-9-11-16-26-30(19-13-18-29,27-17-12-10-2)28-23-15-14-21(24(3,4)5)20-22(23)25(6,7)8/h14-15,20,29H,9-13,16-19H2,1-8H3. The van der Waals surface area contributed by atoms with E-state index < -0.39 is 8.80 Å². The molecule has 1 rings (SSSR count). The number of hydrogen-bond acceptors (Lipinski definition) is 4. The summed E-state index contributed by atoms with van der Waals surface area (Å²) in [5.41, 5.74) is 2.60. The van der Waals surface area contributed by atoms with Crippen LogP contribution in [0.5, 0.6) is 5.75 Å². The molecule has 1 aromatic rings. The number of benzene rings is 1. The van der Waals surface area contributed by atoms with E-state index >= 15 is 0 Å². The third kappa shape index (κ3) is 8.94. The molecule has 0 radical (unpaired) electrons. The second-order valence-electron chi connectivity index (χ2n) is 10.2. The van der Waals surface area contributed by atoms with E-state index in [-0.39, 0.29) is 10.8 Å². The fraction of sp³-hybridized carbons (Fsp3) is 0.760. The predicted octanol–water partition coefficient (Wildman–Crippen LogP) is 7.55. The minimum absolute atomic E-state index is 0.0346.